The van der Waals surface area contributed by atoms with Crippen LogP contribution in [-0.4, -0.2) is 28.7 Å². The molecule has 2 aromatic rings. The quantitative estimate of drug-likeness (QED) is 0.753. The van der Waals surface area contributed by atoms with E-state index in [1.807, 2.05) is 56.3 Å². The monoisotopic (exact) mass is 396 g/mol. The second-order valence-corrected chi connectivity index (χ2v) is 8.21. The predicted octanol–water partition coefficient (Wildman–Crippen LogP) is 3.87. The van der Waals surface area contributed by atoms with Gasteiger partial charge in [0.1, 0.15) is 0 Å². The van der Waals surface area contributed by atoms with Crippen molar-refractivity contribution in [3.05, 3.63) is 59.2 Å². The third-order valence-electron chi connectivity index (χ3n) is 4.60. The summed E-state index contributed by atoms with van der Waals surface area (Å²) in [6.45, 7) is 5.93. The average molecular weight is 397 g/mol. The molecule has 3 rings (SSSR count). The molecule has 0 aromatic heterocycles. The number of nitrogens with zero attached hydrogens (tertiary/aromatic N) is 1. The van der Waals surface area contributed by atoms with Crippen LogP contribution in [0.15, 0.2) is 42.5 Å². The van der Waals surface area contributed by atoms with Crippen molar-refractivity contribution in [1.82, 2.24) is 0 Å². The van der Waals surface area contributed by atoms with E-state index in [0.29, 0.717) is 5.69 Å². The van der Waals surface area contributed by atoms with Crippen molar-refractivity contribution in [1.29, 1.82) is 0 Å². The third-order valence-corrected chi connectivity index (χ3v) is 5.80. The first-order valence-electron chi connectivity index (χ1n) is 9.33. The summed E-state index contributed by atoms with van der Waals surface area (Å²) in [5.74, 6) is -0.520. The topological polar surface area (TPSA) is 66.5 Å². The standard InChI is InChI=1S/C22H24N2O3S/c1-4-16-6-5-7-17(11-16)23-20(25)13-28-19-12-21(26)24(22(19)27)18-9-14(2)8-15(3)10-18/h5-11,19H,4,12-13H2,1-3H3,(H,23,25)/t19-/m0/s1. The normalized spacial score (nSPS) is 16.5. The Kier molecular flexibility index (Phi) is 6.19. The molecule has 28 heavy (non-hydrogen) atoms. The van der Waals surface area contributed by atoms with Crippen molar-refractivity contribution < 1.29 is 14.4 Å². The molecule has 1 N–H and O–H groups in total. The minimum Gasteiger partial charge on any atom is -0.325 e. The molecular weight excluding hydrogens is 372 g/mol. The van der Waals surface area contributed by atoms with E-state index in [2.05, 4.69) is 12.2 Å². The summed E-state index contributed by atoms with van der Waals surface area (Å²) in [6.07, 6.45) is 1.01. The van der Waals surface area contributed by atoms with Crippen LogP contribution in [0.25, 0.3) is 0 Å². The maximum absolute atomic E-state index is 12.7. The van der Waals surface area contributed by atoms with E-state index in [1.54, 1.807) is 0 Å². The summed E-state index contributed by atoms with van der Waals surface area (Å²) in [5.41, 5.74) is 4.50. The molecule has 0 unspecified atom stereocenters. The van der Waals surface area contributed by atoms with E-state index >= 15 is 0 Å². The highest BCUT2D eigenvalue weighted by Crippen LogP contribution is 2.30. The van der Waals surface area contributed by atoms with Gasteiger partial charge in [0.25, 0.3) is 0 Å². The molecule has 2 aromatic carbocycles. The summed E-state index contributed by atoms with van der Waals surface area (Å²) < 4.78 is 0. The molecule has 6 heteroatoms. The summed E-state index contributed by atoms with van der Waals surface area (Å²) in [6, 6.07) is 13.4. The molecule has 0 bridgehead atoms. The Labute approximate surface area is 169 Å². The Hall–Kier alpha value is -2.60. The number of nitrogens with one attached hydrogen (secondary N) is 1. The highest BCUT2D eigenvalue weighted by Gasteiger charge is 2.40. The van der Waals surface area contributed by atoms with Gasteiger partial charge in [0.05, 0.1) is 16.7 Å². The van der Waals surface area contributed by atoms with Crippen LogP contribution in [-0.2, 0) is 20.8 Å². The number of carbonyl (C=O) groups is 3. The molecule has 1 fully saturated rings. The number of hydrogen-bond donors (Lipinski definition) is 1. The van der Waals surface area contributed by atoms with E-state index in [-0.39, 0.29) is 29.9 Å². The van der Waals surface area contributed by atoms with Crippen LogP contribution < -0.4 is 10.2 Å². The molecule has 0 saturated carbocycles. The number of benzene rings is 2. The molecule has 5 nitrogen and oxygen atoms in total. The van der Waals surface area contributed by atoms with Crippen LogP contribution in [0, 0.1) is 13.8 Å². The van der Waals surface area contributed by atoms with Crippen LogP contribution in [0.3, 0.4) is 0 Å². The number of imide groups is 1. The van der Waals surface area contributed by atoms with Crippen molar-refractivity contribution >= 4 is 40.9 Å². The molecule has 3 amide bonds. The molecule has 146 valence electrons. The van der Waals surface area contributed by atoms with Gasteiger partial charge in [-0.05, 0) is 61.2 Å². The van der Waals surface area contributed by atoms with E-state index in [1.165, 1.54) is 16.7 Å². The SMILES string of the molecule is CCc1cccc(NC(=O)CS[C@H]2CC(=O)N(c3cc(C)cc(C)c3)C2=O)c1. The maximum atomic E-state index is 12.7. The number of thioether (sulfide) groups is 1. The zero-order chi connectivity index (χ0) is 20.3. The van der Waals surface area contributed by atoms with Crippen molar-refractivity contribution in [2.45, 2.75) is 38.9 Å². The lowest BCUT2D eigenvalue weighted by Gasteiger charge is -2.16. The number of carbonyl (C=O) groups excluding carboxylic acids is 3. The van der Waals surface area contributed by atoms with Crippen LogP contribution in [0.1, 0.15) is 30.0 Å². The van der Waals surface area contributed by atoms with Crippen LogP contribution in [0.2, 0.25) is 0 Å². The van der Waals surface area contributed by atoms with Crippen LogP contribution >= 0.6 is 11.8 Å². The Morgan fingerprint density at radius 1 is 1.14 bits per heavy atom. The van der Waals surface area contributed by atoms with Gasteiger partial charge in [-0.15, -0.1) is 11.8 Å². The lowest BCUT2D eigenvalue weighted by atomic mass is 10.1. The fourth-order valence-electron chi connectivity index (χ4n) is 3.33. The molecule has 1 saturated heterocycles. The van der Waals surface area contributed by atoms with E-state index in [4.69, 9.17) is 0 Å². The van der Waals surface area contributed by atoms with E-state index in [0.717, 1.165) is 28.8 Å². The zero-order valence-electron chi connectivity index (χ0n) is 16.3. The van der Waals surface area contributed by atoms with E-state index < -0.39 is 5.25 Å². The summed E-state index contributed by atoms with van der Waals surface area (Å²) in [7, 11) is 0. The van der Waals surface area contributed by atoms with Gasteiger partial charge in [0.15, 0.2) is 0 Å². The van der Waals surface area contributed by atoms with Crippen molar-refractivity contribution in [2.75, 3.05) is 16.0 Å². The van der Waals surface area contributed by atoms with Crippen LogP contribution in [0.5, 0.6) is 0 Å². The lowest BCUT2D eigenvalue weighted by molar-refractivity contribution is -0.121. The fourth-order valence-corrected chi connectivity index (χ4v) is 4.26. The van der Waals surface area contributed by atoms with Gasteiger partial charge in [-0.2, -0.15) is 0 Å². The Morgan fingerprint density at radius 3 is 2.54 bits per heavy atom. The molecule has 0 aliphatic carbocycles. The minimum atomic E-state index is -0.527. The Morgan fingerprint density at radius 2 is 1.86 bits per heavy atom. The van der Waals surface area contributed by atoms with Gasteiger partial charge in [-0.1, -0.05) is 25.1 Å². The molecule has 0 spiro atoms. The van der Waals surface area contributed by atoms with Gasteiger partial charge < -0.3 is 5.32 Å². The summed E-state index contributed by atoms with van der Waals surface area (Å²) >= 11 is 1.22. The molecular formula is C22H24N2O3S. The van der Waals surface area contributed by atoms with Crippen LogP contribution in [0.4, 0.5) is 11.4 Å². The smallest absolute Gasteiger partial charge is 0.247 e. The minimum absolute atomic E-state index is 0.120. The first kappa shape index (κ1) is 20.1. The predicted molar refractivity (Wildman–Crippen MR) is 114 cm³/mol. The molecule has 1 aliphatic rings. The highest BCUT2D eigenvalue weighted by molar-refractivity contribution is 8.01. The second-order valence-electron chi connectivity index (χ2n) is 7.02. The molecule has 1 heterocycles. The van der Waals surface area contributed by atoms with Gasteiger partial charge >= 0.3 is 0 Å². The Balaban J connectivity index is 1.61. The van der Waals surface area contributed by atoms with Crippen molar-refractivity contribution in [3.63, 3.8) is 0 Å². The number of amides is 3. The fraction of sp³-hybridized carbons (Fsp3) is 0.318. The van der Waals surface area contributed by atoms with Gasteiger partial charge in [0, 0.05) is 12.1 Å². The summed E-state index contributed by atoms with van der Waals surface area (Å²) in [4.78, 5) is 38.7. The molecule has 0 radical (unpaired) electrons. The van der Waals surface area contributed by atoms with Gasteiger partial charge in [0.2, 0.25) is 17.7 Å². The van der Waals surface area contributed by atoms with Crippen molar-refractivity contribution in [3.8, 4) is 0 Å². The highest BCUT2D eigenvalue weighted by atomic mass is 32.2. The van der Waals surface area contributed by atoms with Crippen molar-refractivity contribution in [2.24, 2.45) is 0 Å². The zero-order valence-corrected chi connectivity index (χ0v) is 17.1. The molecule has 1 atom stereocenters. The Bertz CT molecular complexity index is 905. The van der Waals surface area contributed by atoms with Gasteiger partial charge in [-0.3, -0.25) is 14.4 Å². The van der Waals surface area contributed by atoms with Gasteiger partial charge in [-0.25, -0.2) is 4.90 Å². The molecule has 1 aliphatic heterocycles. The second kappa shape index (κ2) is 8.61. The maximum Gasteiger partial charge on any atom is 0.247 e. The van der Waals surface area contributed by atoms with E-state index in [9.17, 15) is 14.4 Å². The number of rotatable bonds is 6. The lowest BCUT2D eigenvalue weighted by Crippen LogP contribution is -2.31. The summed E-state index contributed by atoms with van der Waals surface area (Å²) in [5, 5.41) is 2.33. The number of hydrogen-bond acceptors (Lipinski definition) is 4. The number of aryl methyl sites for hydroxylation is 3. The third kappa shape index (κ3) is 4.62. The largest absolute Gasteiger partial charge is 0.325 e. The average Bonchev–Trinajstić information content (AvgIpc) is 2.93. The first-order chi connectivity index (χ1) is 13.4. The first-order valence-corrected chi connectivity index (χ1v) is 10.4. The number of anilines is 2.